The molecule has 2 aromatic rings. The highest BCUT2D eigenvalue weighted by molar-refractivity contribution is 6.07. The van der Waals surface area contributed by atoms with E-state index in [1.165, 1.54) is 7.11 Å². The fourth-order valence-electron chi connectivity index (χ4n) is 1.84. The Morgan fingerprint density at radius 1 is 1.42 bits per heavy atom. The summed E-state index contributed by atoms with van der Waals surface area (Å²) < 4.78 is 4.49. The second-order valence-electron chi connectivity index (χ2n) is 3.98. The Hall–Kier alpha value is -2.34. The van der Waals surface area contributed by atoms with Crippen molar-refractivity contribution >= 4 is 22.8 Å². The summed E-state index contributed by atoms with van der Waals surface area (Å²) in [5.41, 5.74) is 1.26. The molecule has 0 spiro atoms. The fourth-order valence-corrected chi connectivity index (χ4v) is 1.84. The summed E-state index contributed by atoms with van der Waals surface area (Å²) in [6.07, 6.45) is 1.73. The highest BCUT2D eigenvalue weighted by Gasteiger charge is 2.22. The molecular weight excluding hydrogens is 248 g/mol. The highest BCUT2D eigenvalue weighted by Crippen LogP contribution is 2.17. The molecule has 0 saturated heterocycles. The number of aromatic amines is 1. The van der Waals surface area contributed by atoms with E-state index in [2.05, 4.69) is 15.0 Å². The molecule has 1 amide bonds. The van der Waals surface area contributed by atoms with E-state index >= 15 is 0 Å². The molecule has 0 aliphatic rings. The van der Waals surface area contributed by atoms with E-state index in [9.17, 15) is 9.59 Å². The van der Waals surface area contributed by atoms with Gasteiger partial charge in [-0.15, -0.1) is 0 Å². The van der Waals surface area contributed by atoms with Crippen molar-refractivity contribution in [3.63, 3.8) is 0 Å². The van der Waals surface area contributed by atoms with E-state index in [0.29, 0.717) is 5.56 Å². The number of esters is 1. The number of amides is 1. The molecule has 100 valence electrons. The highest BCUT2D eigenvalue weighted by atomic mass is 16.5. The number of aliphatic hydroxyl groups is 1. The Morgan fingerprint density at radius 3 is 2.89 bits per heavy atom. The number of hydrogen-bond acceptors (Lipinski definition) is 4. The van der Waals surface area contributed by atoms with Gasteiger partial charge in [-0.2, -0.15) is 0 Å². The van der Waals surface area contributed by atoms with Crippen LogP contribution < -0.4 is 5.32 Å². The zero-order valence-electron chi connectivity index (χ0n) is 10.3. The maximum Gasteiger partial charge on any atom is 0.330 e. The molecule has 1 atom stereocenters. The lowest BCUT2D eigenvalue weighted by Crippen LogP contribution is -2.44. The molecule has 1 unspecified atom stereocenters. The Kier molecular flexibility index (Phi) is 3.82. The van der Waals surface area contributed by atoms with Gasteiger partial charge in [-0.05, 0) is 18.2 Å². The molecule has 0 radical (unpaired) electrons. The third kappa shape index (κ3) is 2.58. The molecule has 1 heterocycles. The molecule has 0 bridgehead atoms. The van der Waals surface area contributed by atoms with Gasteiger partial charge < -0.3 is 20.1 Å². The first-order chi connectivity index (χ1) is 9.17. The minimum atomic E-state index is -1.06. The zero-order chi connectivity index (χ0) is 13.8. The molecule has 1 aromatic carbocycles. The summed E-state index contributed by atoms with van der Waals surface area (Å²) >= 11 is 0. The minimum Gasteiger partial charge on any atom is -0.467 e. The molecule has 6 nitrogen and oxygen atoms in total. The van der Waals surface area contributed by atoms with Gasteiger partial charge in [0.1, 0.15) is 0 Å². The Balaban J connectivity index is 2.24. The molecule has 1 aromatic heterocycles. The number of benzene rings is 1. The van der Waals surface area contributed by atoms with Gasteiger partial charge in [0.25, 0.3) is 5.91 Å². The van der Waals surface area contributed by atoms with Crippen molar-refractivity contribution in [1.82, 2.24) is 10.3 Å². The van der Waals surface area contributed by atoms with Crippen LogP contribution in [0.15, 0.2) is 30.5 Å². The van der Waals surface area contributed by atoms with Gasteiger partial charge >= 0.3 is 5.97 Å². The largest absolute Gasteiger partial charge is 0.467 e. The van der Waals surface area contributed by atoms with Crippen LogP contribution in [0.4, 0.5) is 0 Å². The first-order valence-electron chi connectivity index (χ1n) is 5.73. The molecule has 19 heavy (non-hydrogen) atoms. The van der Waals surface area contributed by atoms with E-state index in [4.69, 9.17) is 5.11 Å². The summed E-state index contributed by atoms with van der Waals surface area (Å²) in [5.74, 6) is -1.12. The lowest BCUT2D eigenvalue weighted by molar-refractivity contribution is -0.143. The molecule has 3 N–H and O–H groups in total. The summed E-state index contributed by atoms with van der Waals surface area (Å²) in [7, 11) is 1.20. The van der Waals surface area contributed by atoms with Gasteiger partial charge in [0.2, 0.25) is 0 Å². The predicted octanol–water partition coefficient (Wildman–Crippen LogP) is 0.432. The number of H-pyrrole nitrogens is 1. The van der Waals surface area contributed by atoms with Crippen LogP contribution >= 0.6 is 0 Å². The van der Waals surface area contributed by atoms with Crippen molar-refractivity contribution in [3.8, 4) is 0 Å². The molecule has 0 aliphatic carbocycles. The van der Waals surface area contributed by atoms with Crippen LogP contribution in [-0.2, 0) is 9.53 Å². The third-order valence-corrected chi connectivity index (χ3v) is 2.81. The van der Waals surface area contributed by atoms with Gasteiger partial charge in [-0.3, -0.25) is 4.79 Å². The van der Waals surface area contributed by atoms with Crippen LogP contribution in [0.3, 0.4) is 0 Å². The van der Waals surface area contributed by atoms with Crippen LogP contribution in [0, 0.1) is 0 Å². The molecule has 0 saturated carbocycles. The summed E-state index contributed by atoms with van der Waals surface area (Å²) in [5, 5.41) is 12.3. The van der Waals surface area contributed by atoms with E-state index in [1.54, 1.807) is 24.4 Å². The number of carbonyl (C=O) groups is 2. The van der Waals surface area contributed by atoms with Gasteiger partial charge in [-0.1, -0.05) is 6.07 Å². The lowest BCUT2D eigenvalue weighted by Gasteiger charge is -2.14. The normalized spacial score (nSPS) is 12.1. The van der Waals surface area contributed by atoms with Crippen LogP contribution in [0.25, 0.3) is 10.9 Å². The molecule has 0 aliphatic heterocycles. The average Bonchev–Trinajstić information content (AvgIpc) is 2.91. The average molecular weight is 262 g/mol. The quantitative estimate of drug-likeness (QED) is 0.697. The second-order valence-corrected chi connectivity index (χ2v) is 3.98. The Labute approximate surface area is 109 Å². The molecule has 2 rings (SSSR count). The topological polar surface area (TPSA) is 91.4 Å². The van der Waals surface area contributed by atoms with Crippen molar-refractivity contribution in [3.05, 3.63) is 36.0 Å². The minimum absolute atomic E-state index is 0.432. The van der Waals surface area contributed by atoms with Crippen LogP contribution in [0.1, 0.15) is 10.4 Å². The number of rotatable bonds is 4. The summed E-state index contributed by atoms with van der Waals surface area (Å²) in [4.78, 5) is 26.4. The smallest absolute Gasteiger partial charge is 0.330 e. The van der Waals surface area contributed by atoms with Crippen molar-refractivity contribution < 1.29 is 19.4 Å². The summed E-state index contributed by atoms with van der Waals surface area (Å²) in [6.45, 7) is -0.512. The standard InChI is InChI=1S/C13H14N2O4/c1-19-13(18)11(7-16)15-12(17)9-3-2-4-10-8(9)5-6-14-10/h2-6,11,14,16H,7H2,1H3,(H,15,17). The van der Waals surface area contributed by atoms with Gasteiger partial charge in [0.05, 0.1) is 13.7 Å². The van der Waals surface area contributed by atoms with Crippen molar-refractivity contribution in [1.29, 1.82) is 0 Å². The number of ether oxygens (including phenoxy) is 1. The number of hydrogen-bond donors (Lipinski definition) is 3. The Morgan fingerprint density at radius 2 is 2.21 bits per heavy atom. The van der Waals surface area contributed by atoms with E-state index in [0.717, 1.165) is 10.9 Å². The number of methoxy groups -OCH3 is 1. The number of nitrogens with one attached hydrogen (secondary N) is 2. The number of carbonyl (C=O) groups excluding carboxylic acids is 2. The second kappa shape index (κ2) is 5.53. The van der Waals surface area contributed by atoms with Gasteiger partial charge in [0, 0.05) is 22.7 Å². The van der Waals surface area contributed by atoms with Crippen molar-refractivity contribution in [2.24, 2.45) is 0 Å². The third-order valence-electron chi connectivity index (χ3n) is 2.81. The van der Waals surface area contributed by atoms with Crippen molar-refractivity contribution in [2.75, 3.05) is 13.7 Å². The number of aliphatic hydroxyl groups excluding tert-OH is 1. The Bertz CT molecular complexity index is 605. The SMILES string of the molecule is COC(=O)C(CO)NC(=O)c1cccc2[nH]ccc12. The van der Waals surface area contributed by atoms with Gasteiger partial charge in [0.15, 0.2) is 6.04 Å². The predicted molar refractivity (Wildman–Crippen MR) is 68.7 cm³/mol. The monoisotopic (exact) mass is 262 g/mol. The maximum atomic E-state index is 12.1. The van der Waals surface area contributed by atoms with Crippen LogP contribution in [0.2, 0.25) is 0 Å². The number of fused-ring (bicyclic) bond motifs is 1. The van der Waals surface area contributed by atoms with E-state index in [-0.39, 0.29) is 0 Å². The zero-order valence-corrected chi connectivity index (χ0v) is 10.3. The lowest BCUT2D eigenvalue weighted by atomic mass is 10.1. The van der Waals surface area contributed by atoms with E-state index in [1.807, 2.05) is 6.07 Å². The first-order valence-corrected chi connectivity index (χ1v) is 5.73. The fraction of sp³-hybridized carbons (Fsp3) is 0.231. The molecular formula is C13H14N2O4. The van der Waals surface area contributed by atoms with E-state index < -0.39 is 24.5 Å². The van der Waals surface area contributed by atoms with Gasteiger partial charge in [-0.25, -0.2) is 4.79 Å². The maximum absolute atomic E-state index is 12.1. The molecule has 6 heteroatoms. The van der Waals surface area contributed by atoms with Crippen LogP contribution in [0.5, 0.6) is 0 Å². The summed E-state index contributed by atoms with van der Waals surface area (Å²) in [6, 6.07) is 5.94. The molecule has 0 fully saturated rings. The van der Waals surface area contributed by atoms with Crippen molar-refractivity contribution in [2.45, 2.75) is 6.04 Å². The van der Waals surface area contributed by atoms with Crippen LogP contribution in [-0.4, -0.2) is 41.7 Å². The first kappa shape index (κ1) is 13.1. The number of aromatic nitrogens is 1.